The highest BCUT2D eigenvalue weighted by Crippen LogP contribution is 2.26. The van der Waals surface area contributed by atoms with E-state index in [2.05, 4.69) is 44.7 Å². The molecule has 0 bridgehead atoms. The lowest BCUT2D eigenvalue weighted by Gasteiger charge is -2.04. The lowest BCUT2D eigenvalue weighted by Crippen LogP contribution is -2.05. The van der Waals surface area contributed by atoms with Crippen LogP contribution >= 0.6 is 15.9 Å². The molecule has 3 aromatic heterocycles. The number of fused-ring (bicyclic) bond motifs is 3. The fourth-order valence-corrected chi connectivity index (χ4v) is 3.07. The van der Waals surface area contributed by atoms with E-state index < -0.39 is 9.84 Å². The lowest BCUT2D eigenvalue weighted by atomic mass is 10.2. The molecule has 0 unspecified atom stereocenters. The van der Waals surface area contributed by atoms with Gasteiger partial charge in [-0.15, -0.1) is 0 Å². The van der Waals surface area contributed by atoms with Crippen molar-refractivity contribution < 1.29 is 8.42 Å². The van der Waals surface area contributed by atoms with E-state index in [0.717, 1.165) is 21.8 Å². The first-order chi connectivity index (χ1) is 9.77. The first-order valence-electron chi connectivity index (χ1n) is 6.31. The van der Waals surface area contributed by atoms with Crippen molar-refractivity contribution in [2.45, 2.75) is 24.9 Å². The van der Waals surface area contributed by atoms with Crippen molar-refractivity contribution >= 4 is 42.4 Å². The summed E-state index contributed by atoms with van der Waals surface area (Å²) < 4.78 is 25.9. The summed E-state index contributed by atoms with van der Waals surface area (Å²) in [6, 6.07) is 1.84. The zero-order chi connectivity index (χ0) is 15.4. The quantitative estimate of drug-likeness (QED) is 0.649. The van der Waals surface area contributed by atoms with Crippen LogP contribution in [0, 0.1) is 0 Å². The van der Waals surface area contributed by atoms with Gasteiger partial charge < -0.3 is 0 Å². The fraction of sp³-hybridized carbons (Fsp3) is 0.308. The van der Waals surface area contributed by atoms with Crippen LogP contribution in [0.1, 0.15) is 25.5 Å². The molecule has 0 atom stereocenters. The largest absolute Gasteiger partial charge is 0.282 e. The zero-order valence-electron chi connectivity index (χ0n) is 11.7. The number of sulfone groups is 1. The molecule has 3 rings (SSSR count). The normalized spacial score (nSPS) is 12.6. The molecule has 110 valence electrons. The average molecular weight is 369 g/mol. The summed E-state index contributed by atoms with van der Waals surface area (Å²) in [5.41, 5.74) is 2.16. The molecule has 3 aromatic rings. The number of imidazole rings is 1. The summed E-state index contributed by atoms with van der Waals surface area (Å²) in [5, 5.41) is 0.563. The molecule has 0 N–H and O–H groups in total. The number of hydrogen-bond donors (Lipinski definition) is 0. The van der Waals surface area contributed by atoms with E-state index in [9.17, 15) is 8.42 Å². The Morgan fingerprint density at radius 2 is 1.95 bits per heavy atom. The van der Waals surface area contributed by atoms with Crippen LogP contribution in [-0.2, 0) is 9.84 Å². The second kappa shape index (κ2) is 4.74. The van der Waals surface area contributed by atoms with E-state index in [1.165, 1.54) is 6.20 Å². The first-order valence-corrected chi connectivity index (χ1v) is 9.00. The molecule has 0 aliphatic heterocycles. The SMILES string of the molecule is CC(C)c1cn2c(n1)c(Br)cc1cnc(S(C)(=O)=O)nc12. The summed E-state index contributed by atoms with van der Waals surface area (Å²) in [4.78, 5) is 12.7. The van der Waals surface area contributed by atoms with Crippen molar-refractivity contribution in [3.05, 3.63) is 28.6 Å². The predicted octanol–water partition coefficient (Wildman–Crippen LogP) is 2.57. The molecule has 0 aromatic carbocycles. The number of hydrogen-bond acceptors (Lipinski definition) is 5. The second-order valence-corrected chi connectivity index (χ2v) is 7.97. The average Bonchev–Trinajstić information content (AvgIpc) is 2.83. The Balaban J connectivity index is 2.44. The second-order valence-electron chi connectivity index (χ2n) is 5.21. The van der Waals surface area contributed by atoms with E-state index in [1.54, 1.807) is 4.40 Å². The van der Waals surface area contributed by atoms with Crippen LogP contribution < -0.4 is 0 Å². The lowest BCUT2D eigenvalue weighted by molar-refractivity contribution is 0.593. The van der Waals surface area contributed by atoms with Crippen LogP contribution in [0.15, 0.2) is 28.1 Å². The maximum absolute atomic E-state index is 11.6. The van der Waals surface area contributed by atoms with Crippen LogP contribution in [0.2, 0.25) is 0 Å². The molecule has 0 saturated heterocycles. The number of nitrogens with zero attached hydrogens (tertiary/aromatic N) is 4. The highest BCUT2D eigenvalue weighted by molar-refractivity contribution is 9.10. The van der Waals surface area contributed by atoms with Crippen LogP contribution in [0.3, 0.4) is 0 Å². The minimum atomic E-state index is -3.45. The molecule has 6 nitrogen and oxygen atoms in total. The van der Waals surface area contributed by atoms with Crippen LogP contribution in [0.25, 0.3) is 16.7 Å². The van der Waals surface area contributed by atoms with Crippen LogP contribution in [0.4, 0.5) is 0 Å². The molecule has 0 radical (unpaired) electrons. The predicted molar refractivity (Wildman–Crippen MR) is 83.2 cm³/mol. The van der Waals surface area contributed by atoms with Gasteiger partial charge in [-0.05, 0) is 27.9 Å². The Morgan fingerprint density at radius 3 is 2.57 bits per heavy atom. The first kappa shape index (κ1) is 14.4. The number of halogens is 1. The fourth-order valence-electron chi connectivity index (χ4n) is 2.05. The molecule has 8 heteroatoms. The zero-order valence-corrected chi connectivity index (χ0v) is 14.1. The standard InChI is InChI=1S/C13H13BrN4O2S/c1-7(2)10-6-18-11-8(4-9(14)12(18)16-10)5-15-13(17-11)21(3,19)20/h4-7H,1-3H3. The van der Waals surface area contributed by atoms with Gasteiger partial charge in [-0.25, -0.2) is 18.4 Å². The smallest absolute Gasteiger partial charge is 0.248 e. The van der Waals surface area contributed by atoms with Crippen molar-refractivity contribution in [2.24, 2.45) is 0 Å². The Morgan fingerprint density at radius 1 is 1.24 bits per heavy atom. The minimum Gasteiger partial charge on any atom is -0.282 e. The van der Waals surface area contributed by atoms with Crippen LogP contribution in [-0.4, -0.2) is 34.0 Å². The van der Waals surface area contributed by atoms with E-state index in [-0.39, 0.29) is 11.1 Å². The van der Waals surface area contributed by atoms with Gasteiger partial charge in [-0.3, -0.25) is 4.40 Å². The van der Waals surface area contributed by atoms with Gasteiger partial charge in [0.1, 0.15) is 0 Å². The molecule has 0 spiro atoms. The molecule has 0 amide bonds. The molecule has 0 aliphatic carbocycles. The third kappa shape index (κ3) is 2.42. The van der Waals surface area contributed by atoms with Crippen molar-refractivity contribution in [1.82, 2.24) is 19.4 Å². The van der Waals surface area contributed by atoms with E-state index in [1.807, 2.05) is 12.3 Å². The van der Waals surface area contributed by atoms with Gasteiger partial charge in [0, 0.05) is 24.0 Å². The maximum Gasteiger partial charge on any atom is 0.248 e. The molecule has 3 heterocycles. The Hall–Kier alpha value is -1.54. The van der Waals surface area contributed by atoms with Gasteiger partial charge in [0.05, 0.1) is 10.2 Å². The van der Waals surface area contributed by atoms with Crippen molar-refractivity contribution in [1.29, 1.82) is 0 Å². The van der Waals surface area contributed by atoms with Gasteiger partial charge in [-0.1, -0.05) is 13.8 Å². The Labute approximate surface area is 130 Å². The van der Waals surface area contributed by atoms with Gasteiger partial charge in [0.25, 0.3) is 0 Å². The number of aromatic nitrogens is 4. The van der Waals surface area contributed by atoms with Crippen LogP contribution in [0.5, 0.6) is 0 Å². The summed E-state index contributed by atoms with van der Waals surface area (Å²) in [6.45, 7) is 4.10. The Bertz CT molecular complexity index is 963. The van der Waals surface area contributed by atoms with Crippen molar-refractivity contribution in [2.75, 3.05) is 6.26 Å². The highest BCUT2D eigenvalue weighted by Gasteiger charge is 2.16. The molecule has 0 aliphatic rings. The maximum atomic E-state index is 11.6. The van der Waals surface area contributed by atoms with Crippen molar-refractivity contribution in [3.63, 3.8) is 0 Å². The molecule has 0 saturated carbocycles. The summed E-state index contributed by atoms with van der Waals surface area (Å²) in [6.07, 6.45) is 4.49. The third-order valence-corrected chi connectivity index (χ3v) is 4.59. The summed E-state index contributed by atoms with van der Waals surface area (Å²) in [7, 11) is -3.45. The summed E-state index contributed by atoms with van der Waals surface area (Å²) >= 11 is 3.48. The monoisotopic (exact) mass is 368 g/mol. The van der Waals surface area contributed by atoms with Gasteiger partial charge in [0.15, 0.2) is 11.3 Å². The highest BCUT2D eigenvalue weighted by atomic mass is 79.9. The van der Waals surface area contributed by atoms with Gasteiger partial charge in [-0.2, -0.15) is 4.98 Å². The van der Waals surface area contributed by atoms with Crippen molar-refractivity contribution in [3.8, 4) is 0 Å². The Kier molecular flexibility index (Phi) is 3.25. The molecular formula is C13H13BrN4O2S. The molecule has 0 fully saturated rings. The number of rotatable bonds is 2. The number of pyridine rings is 1. The van der Waals surface area contributed by atoms with Gasteiger partial charge >= 0.3 is 0 Å². The topological polar surface area (TPSA) is 77.2 Å². The summed E-state index contributed by atoms with van der Waals surface area (Å²) in [5.74, 6) is 0.267. The molecule has 21 heavy (non-hydrogen) atoms. The van der Waals surface area contributed by atoms with E-state index in [0.29, 0.717) is 11.3 Å². The van der Waals surface area contributed by atoms with E-state index in [4.69, 9.17) is 0 Å². The van der Waals surface area contributed by atoms with Gasteiger partial charge in [0.2, 0.25) is 15.0 Å². The third-order valence-electron chi connectivity index (χ3n) is 3.15. The minimum absolute atomic E-state index is 0.182. The van der Waals surface area contributed by atoms with E-state index >= 15 is 0 Å². The molecular weight excluding hydrogens is 356 g/mol.